The molecule has 3 aliphatic heterocycles. The molecule has 0 amide bonds. The topological polar surface area (TPSA) is 18.5 Å². The normalized spacial score (nSPS) is 36.3. The molecule has 0 radical (unpaired) electrons. The first kappa shape index (κ1) is 13.8. The number of nitrogens with one attached hydrogen (secondary N) is 1. The Morgan fingerprint density at radius 3 is 2.74 bits per heavy atom. The molecule has 0 bridgehead atoms. The maximum absolute atomic E-state index is 3.68. The Labute approximate surface area is 118 Å². The van der Waals surface area contributed by atoms with E-state index in [0.29, 0.717) is 6.04 Å². The van der Waals surface area contributed by atoms with Crippen LogP contribution in [-0.4, -0.2) is 60.1 Å². The quantitative estimate of drug-likeness (QED) is 0.839. The summed E-state index contributed by atoms with van der Waals surface area (Å²) in [5, 5.41) is 3.68. The van der Waals surface area contributed by atoms with Crippen LogP contribution in [0.2, 0.25) is 0 Å². The van der Waals surface area contributed by atoms with E-state index in [4.69, 9.17) is 0 Å². The molecule has 3 aliphatic rings. The molecule has 3 rings (SSSR count). The molecule has 3 saturated heterocycles. The lowest BCUT2D eigenvalue weighted by Gasteiger charge is -2.41. The predicted molar refractivity (Wildman–Crippen MR) is 80.5 cm³/mol. The van der Waals surface area contributed by atoms with E-state index in [1.165, 1.54) is 64.7 Å². The first-order valence-corrected chi connectivity index (χ1v) is 8.49. The minimum atomic E-state index is 0.689. The summed E-state index contributed by atoms with van der Waals surface area (Å²) < 4.78 is 0. The Balaban J connectivity index is 1.65. The lowest BCUT2D eigenvalue weighted by Crippen LogP contribution is -2.52. The van der Waals surface area contributed by atoms with Crippen molar-refractivity contribution in [1.82, 2.24) is 15.1 Å². The van der Waals surface area contributed by atoms with Crippen molar-refractivity contribution in [3.63, 3.8) is 0 Å². The average molecular weight is 265 g/mol. The fourth-order valence-electron chi connectivity index (χ4n) is 4.50. The molecule has 3 nitrogen and oxygen atoms in total. The third-order valence-corrected chi connectivity index (χ3v) is 5.50. The van der Waals surface area contributed by atoms with Gasteiger partial charge in [-0.2, -0.15) is 0 Å². The van der Waals surface area contributed by atoms with Crippen LogP contribution in [0.15, 0.2) is 0 Å². The van der Waals surface area contributed by atoms with Gasteiger partial charge in [-0.1, -0.05) is 6.42 Å². The third-order valence-electron chi connectivity index (χ3n) is 5.50. The monoisotopic (exact) mass is 265 g/mol. The molecule has 3 unspecified atom stereocenters. The van der Waals surface area contributed by atoms with Gasteiger partial charge in [-0.05, 0) is 59.0 Å². The second kappa shape index (κ2) is 6.11. The van der Waals surface area contributed by atoms with Crippen molar-refractivity contribution in [3.05, 3.63) is 0 Å². The van der Waals surface area contributed by atoms with Gasteiger partial charge >= 0.3 is 0 Å². The van der Waals surface area contributed by atoms with E-state index < -0.39 is 0 Å². The highest BCUT2D eigenvalue weighted by Crippen LogP contribution is 2.31. The summed E-state index contributed by atoms with van der Waals surface area (Å²) in [4.78, 5) is 5.59. The summed E-state index contributed by atoms with van der Waals surface area (Å²) in [6, 6.07) is 3.12. The molecule has 3 fully saturated rings. The fourth-order valence-corrected chi connectivity index (χ4v) is 4.50. The molecule has 3 atom stereocenters. The summed E-state index contributed by atoms with van der Waals surface area (Å²) in [5.74, 6) is 0. The third kappa shape index (κ3) is 2.98. The first-order valence-electron chi connectivity index (χ1n) is 8.49. The SMILES string of the molecule is CC(C)N(CC1CCCN1)C1CCN2CCCCC12. The van der Waals surface area contributed by atoms with Crippen LogP contribution in [0.4, 0.5) is 0 Å². The Morgan fingerprint density at radius 1 is 1.11 bits per heavy atom. The van der Waals surface area contributed by atoms with Gasteiger partial charge in [0.15, 0.2) is 0 Å². The summed E-state index contributed by atoms with van der Waals surface area (Å²) >= 11 is 0. The van der Waals surface area contributed by atoms with Crippen molar-refractivity contribution >= 4 is 0 Å². The number of hydrogen-bond acceptors (Lipinski definition) is 3. The Hall–Kier alpha value is -0.120. The molecule has 0 spiro atoms. The van der Waals surface area contributed by atoms with Crippen LogP contribution in [0.1, 0.15) is 52.4 Å². The fraction of sp³-hybridized carbons (Fsp3) is 1.00. The molecular formula is C16H31N3. The highest BCUT2D eigenvalue weighted by molar-refractivity contribution is 4.97. The van der Waals surface area contributed by atoms with Gasteiger partial charge in [0.2, 0.25) is 0 Å². The maximum atomic E-state index is 3.68. The van der Waals surface area contributed by atoms with Gasteiger partial charge in [0.25, 0.3) is 0 Å². The Kier molecular flexibility index (Phi) is 4.45. The summed E-state index contributed by atoms with van der Waals surface area (Å²) in [6.07, 6.45) is 8.46. The van der Waals surface area contributed by atoms with Crippen LogP contribution >= 0.6 is 0 Å². The number of piperidine rings is 1. The highest BCUT2D eigenvalue weighted by Gasteiger charge is 2.40. The zero-order valence-corrected chi connectivity index (χ0v) is 12.8. The molecule has 110 valence electrons. The molecule has 19 heavy (non-hydrogen) atoms. The van der Waals surface area contributed by atoms with E-state index in [0.717, 1.165) is 18.1 Å². The smallest absolute Gasteiger partial charge is 0.0267 e. The van der Waals surface area contributed by atoms with Crippen LogP contribution in [0, 0.1) is 0 Å². The number of nitrogens with zero attached hydrogens (tertiary/aromatic N) is 2. The lowest BCUT2D eigenvalue weighted by atomic mass is 9.96. The predicted octanol–water partition coefficient (Wildman–Crippen LogP) is 2.08. The molecule has 0 aromatic rings. The standard InChI is InChI=1S/C16H31N3/c1-13(2)19(12-14-6-5-9-17-14)16-8-11-18-10-4-3-7-15(16)18/h13-17H,3-12H2,1-2H3. The van der Waals surface area contributed by atoms with E-state index >= 15 is 0 Å². The van der Waals surface area contributed by atoms with Crippen molar-refractivity contribution in [2.45, 2.75) is 76.5 Å². The van der Waals surface area contributed by atoms with Crippen LogP contribution in [-0.2, 0) is 0 Å². The van der Waals surface area contributed by atoms with Gasteiger partial charge in [-0.3, -0.25) is 9.80 Å². The number of rotatable bonds is 4. The summed E-state index contributed by atoms with van der Waals surface area (Å²) in [5.41, 5.74) is 0. The Morgan fingerprint density at radius 2 is 2.00 bits per heavy atom. The second-order valence-electron chi connectivity index (χ2n) is 7.04. The van der Waals surface area contributed by atoms with Crippen LogP contribution in [0.5, 0.6) is 0 Å². The average Bonchev–Trinajstić information content (AvgIpc) is 3.05. The van der Waals surface area contributed by atoms with Crippen molar-refractivity contribution in [2.24, 2.45) is 0 Å². The second-order valence-corrected chi connectivity index (χ2v) is 7.04. The zero-order chi connectivity index (χ0) is 13.2. The van der Waals surface area contributed by atoms with Crippen molar-refractivity contribution < 1.29 is 0 Å². The van der Waals surface area contributed by atoms with Gasteiger partial charge in [-0.25, -0.2) is 0 Å². The maximum Gasteiger partial charge on any atom is 0.0267 e. The van der Waals surface area contributed by atoms with Crippen LogP contribution in [0.3, 0.4) is 0 Å². The van der Waals surface area contributed by atoms with E-state index in [1.807, 2.05) is 0 Å². The first-order chi connectivity index (χ1) is 9.25. The molecule has 3 heteroatoms. The minimum absolute atomic E-state index is 0.689. The molecule has 1 N–H and O–H groups in total. The van der Waals surface area contributed by atoms with E-state index in [2.05, 4.69) is 29.0 Å². The van der Waals surface area contributed by atoms with Crippen LogP contribution < -0.4 is 5.32 Å². The lowest BCUT2D eigenvalue weighted by molar-refractivity contribution is 0.0849. The van der Waals surface area contributed by atoms with Gasteiger partial charge in [0.05, 0.1) is 0 Å². The van der Waals surface area contributed by atoms with E-state index in [1.54, 1.807) is 0 Å². The molecule has 0 saturated carbocycles. The van der Waals surface area contributed by atoms with Gasteiger partial charge < -0.3 is 5.32 Å². The van der Waals surface area contributed by atoms with Gasteiger partial charge in [0.1, 0.15) is 0 Å². The zero-order valence-electron chi connectivity index (χ0n) is 12.8. The number of fused-ring (bicyclic) bond motifs is 1. The molecule has 0 aromatic carbocycles. The summed E-state index contributed by atoms with van der Waals surface area (Å²) in [7, 11) is 0. The van der Waals surface area contributed by atoms with Crippen LogP contribution in [0.25, 0.3) is 0 Å². The molecule has 0 aromatic heterocycles. The molecule has 3 heterocycles. The van der Waals surface area contributed by atoms with E-state index in [9.17, 15) is 0 Å². The molecule has 0 aliphatic carbocycles. The van der Waals surface area contributed by atoms with Crippen molar-refractivity contribution in [2.75, 3.05) is 26.2 Å². The number of hydrogen-bond donors (Lipinski definition) is 1. The van der Waals surface area contributed by atoms with Crippen molar-refractivity contribution in [3.8, 4) is 0 Å². The Bertz CT molecular complexity index is 286. The minimum Gasteiger partial charge on any atom is -0.313 e. The molecular weight excluding hydrogens is 234 g/mol. The summed E-state index contributed by atoms with van der Waals surface area (Å²) in [6.45, 7) is 9.98. The van der Waals surface area contributed by atoms with Gasteiger partial charge in [0, 0.05) is 37.3 Å². The van der Waals surface area contributed by atoms with E-state index in [-0.39, 0.29) is 0 Å². The largest absolute Gasteiger partial charge is 0.313 e. The highest BCUT2D eigenvalue weighted by atomic mass is 15.3. The van der Waals surface area contributed by atoms with Crippen molar-refractivity contribution in [1.29, 1.82) is 0 Å². The van der Waals surface area contributed by atoms with Gasteiger partial charge in [-0.15, -0.1) is 0 Å².